The molecular formula is C14H11F7O3. The summed E-state index contributed by atoms with van der Waals surface area (Å²) >= 11 is 0. The molecular weight excluding hydrogens is 349 g/mol. The van der Waals surface area contributed by atoms with Gasteiger partial charge >= 0.3 is 18.3 Å². The van der Waals surface area contributed by atoms with E-state index >= 15 is 0 Å². The molecule has 3 nitrogen and oxygen atoms in total. The van der Waals surface area contributed by atoms with Crippen LogP contribution in [0.5, 0.6) is 0 Å². The summed E-state index contributed by atoms with van der Waals surface area (Å²) in [6.07, 6.45) is -11.4. The van der Waals surface area contributed by atoms with Crippen LogP contribution < -0.4 is 0 Å². The largest absolute Gasteiger partial charge is 0.465 e. The third kappa shape index (κ3) is 5.20. The Balaban J connectivity index is 3.22. The lowest BCUT2D eigenvalue weighted by atomic mass is 9.93. The Bertz CT molecular complexity index is 620. The molecule has 1 atom stereocenters. The highest BCUT2D eigenvalue weighted by molar-refractivity contribution is 6.02. The highest BCUT2D eigenvalue weighted by atomic mass is 19.4. The molecule has 0 N–H and O–H groups in total. The zero-order valence-corrected chi connectivity index (χ0v) is 12.1. The molecule has 1 aromatic rings. The fraction of sp³-hybridized carbons (Fsp3) is 0.429. The van der Waals surface area contributed by atoms with Crippen LogP contribution in [0.4, 0.5) is 30.7 Å². The molecule has 0 aliphatic rings. The summed E-state index contributed by atoms with van der Waals surface area (Å²) in [6.45, 7) is 0.939. The molecule has 0 radical (unpaired) electrons. The van der Waals surface area contributed by atoms with Gasteiger partial charge in [0.15, 0.2) is 0 Å². The smallest absolute Gasteiger partial charge is 0.450 e. The minimum atomic E-state index is -5.39. The van der Waals surface area contributed by atoms with Crippen molar-refractivity contribution < 1.29 is 45.1 Å². The molecule has 0 spiro atoms. The molecule has 0 heterocycles. The van der Waals surface area contributed by atoms with Gasteiger partial charge in [-0.1, -0.05) is 0 Å². The van der Waals surface area contributed by atoms with E-state index in [9.17, 15) is 40.3 Å². The normalized spacial score (nSPS) is 13.5. The van der Waals surface area contributed by atoms with Gasteiger partial charge in [-0.25, -0.2) is 4.39 Å². The number of carbonyl (C=O) groups excluding carboxylic acids is 2. The van der Waals surface area contributed by atoms with Crippen molar-refractivity contribution in [1.29, 1.82) is 0 Å². The summed E-state index contributed by atoms with van der Waals surface area (Å²) < 4.78 is 93.1. The first kappa shape index (κ1) is 19.9. The average Bonchev–Trinajstić information content (AvgIpc) is 2.41. The van der Waals surface area contributed by atoms with Gasteiger partial charge in [-0.3, -0.25) is 9.59 Å². The van der Waals surface area contributed by atoms with Crippen molar-refractivity contribution in [2.45, 2.75) is 25.7 Å². The first-order valence-corrected chi connectivity index (χ1v) is 6.50. The number of alkyl halides is 6. The molecule has 0 fully saturated rings. The van der Waals surface area contributed by atoms with Crippen molar-refractivity contribution in [1.82, 2.24) is 0 Å². The van der Waals surface area contributed by atoms with Crippen LogP contribution in [0.25, 0.3) is 0 Å². The molecule has 1 aromatic carbocycles. The van der Waals surface area contributed by atoms with Gasteiger partial charge in [-0.05, 0) is 37.1 Å². The van der Waals surface area contributed by atoms with E-state index in [1.54, 1.807) is 0 Å². The lowest BCUT2D eigenvalue weighted by Gasteiger charge is -2.17. The molecule has 0 aliphatic heterocycles. The number of rotatable bonds is 5. The SMILES string of the molecule is CCOC(=O)C(Cc1cc(F)cc(C(F)(F)F)c1)C(=O)C(F)(F)F. The minimum absolute atomic E-state index is 0.147. The third-order valence-corrected chi connectivity index (χ3v) is 2.89. The number of esters is 1. The molecule has 0 saturated carbocycles. The number of ketones is 1. The van der Waals surface area contributed by atoms with E-state index in [4.69, 9.17) is 0 Å². The van der Waals surface area contributed by atoms with Crippen LogP contribution in [0.15, 0.2) is 18.2 Å². The van der Waals surface area contributed by atoms with E-state index in [0.29, 0.717) is 12.1 Å². The second-order valence-corrected chi connectivity index (χ2v) is 4.72. The molecule has 0 amide bonds. The van der Waals surface area contributed by atoms with Crippen LogP contribution in [0.3, 0.4) is 0 Å². The van der Waals surface area contributed by atoms with E-state index in [1.165, 1.54) is 6.92 Å². The zero-order chi connectivity index (χ0) is 18.7. The first-order chi connectivity index (χ1) is 10.9. The molecule has 0 aromatic heterocycles. The summed E-state index contributed by atoms with van der Waals surface area (Å²) in [5.41, 5.74) is -2.03. The molecule has 1 rings (SSSR count). The summed E-state index contributed by atoms with van der Waals surface area (Å²) in [5, 5.41) is 0. The van der Waals surface area contributed by atoms with Crippen molar-refractivity contribution in [3.63, 3.8) is 0 Å². The van der Waals surface area contributed by atoms with Crippen LogP contribution in [0.1, 0.15) is 18.1 Å². The number of hydrogen-bond acceptors (Lipinski definition) is 3. The van der Waals surface area contributed by atoms with E-state index in [2.05, 4.69) is 4.74 Å². The van der Waals surface area contributed by atoms with Crippen LogP contribution in [0.2, 0.25) is 0 Å². The maximum Gasteiger partial charge on any atom is 0.450 e. The van der Waals surface area contributed by atoms with Crippen molar-refractivity contribution >= 4 is 11.8 Å². The Morgan fingerprint density at radius 3 is 2.12 bits per heavy atom. The topological polar surface area (TPSA) is 43.4 Å². The summed E-state index contributed by atoms with van der Waals surface area (Å²) in [6, 6.07) is 1.04. The highest BCUT2D eigenvalue weighted by Gasteiger charge is 2.47. The monoisotopic (exact) mass is 360 g/mol. The molecule has 24 heavy (non-hydrogen) atoms. The standard InChI is InChI=1S/C14H11F7O3/c1-2-24-12(23)10(11(22)14(19,20)21)5-7-3-8(13(16,17)18)6-9(15)4-7/h3-4,6,10H,2,5H2,1H3. The number of benzene rings is 1. The van der Waals surface area contributed by atoms with Gasteiger partial charge in [0.25, 0.3) is 5.78 Å². The quantitative estimate of drug-likeness (QED) is 0.457. The van der Waals surface area contributed by atoms with Crippen molar-refractivity contribution in [3.8, 4) is 0 Å². The number of halogens is 7. The second kappa shape index (κ2) is 7.18. The lowest BCUT2D eigenvalue weighted by Crippen LogP contribution is -2.37. The molecule has 0 saturated heterocycles. The van der Waals surface area contributed by atoms with Crippen molar-refractivity contribution in [3.05, 3.63) is 35.1 Å². The highest BCUT2D eigenvalue weighted by Crippen LogP contribution is 2.32. The Morgan fingerprint density at radius 1 is 1.08 bits per heavy atom. The van der Waals surface area contributed by atoms with Crippen molar-refractivity contribution in [2.24, 2.45) is 5.92 Å². The molecule has 0 aliphatic carbocycles. The van der Waals surface area contributed by atoms with Crippen LogP contribution in [-0.4, -0.2) is 24.5 Å². The van der Waals surface area contributed by atoms with E-state index < -0.39 is 53.4 Å². The van der Waals surface area contributed by atoms with Gasteiger partial charge in [0.2, 0.25) is 0 Å². The molecule has 0 bridgehead atoms. The molecule has 1 unspecified atom stereocenters. The molecule has 134 valence electrons. The first-order valence-electron chi connectivity index (χ1n) is 6.50. The van der Waals surface area contributed by atoms with Crippen molar-refractivity contribution in [2.75, 3.05) is 6.61 Å². The zero-order valence-electron chi connectivity index (χ0n) is 12.1. The number of Topliss-reactive ketones (excluding diaryl/α,β-unsaturated/α-hetero) is 1. The summed E-state index contributed by atoms with van der Waals surface area (Å²) in [4.78, 5) is 22.9. The van der Waals surface area contributed by atoms with Gasteiger partial charge in [-0.2, -0.15) is 26.3 Å². The van der Waals surface area contributed by atoms with Gasteiger partial charge in [-0.15, -0.1) is 0 Å². The number of carbonyl (C=O) groups is 2. The average molecular weight is 360 g/mol. The Kier molecular flexibility index (Phi) is 5.96. The fourth-order valence-electron chi connectivity index (χ4n) is 1.89. The summed E-state index contributed by atoms with van der Waals surface area (Å²) in [5.74, 6) is -7.79. The third-order valence-electron chi connectivity index (χ3n) is 2.89. The van der Waals surface area contributed by atoms with Crippen LogP contribution in [0, 0.1) is 11.7 Å². The Labute approximate surface area is 131 Å². The number of hydrogen-bond donors (Lipinski definition) is 0. The fourth-order valence-corrected chi connectivity index (χ4v) is 1.89. The second-order valence-electron chi connectivity index (χ2n) is 4.72. The lowest BCUT2D eigenvalue weighted by molar-refractivity contribution is -0.180. The number of ether oxygens (including phenoxy) is 1. The summed E-state index contributed by atoms with van der Waals surface area (Å²) in [7, 11) is 0. The van der Waals surface area contributed by atoms with Gasteiger partial charge in [0.1, 0.15) is 11.7 Å². The van der Waals surface area contributed by atoms with E-state index in [1.807, 2.05) is 0 Å². The van der Waals surface area contributed by atoms with Gasteiger partial charge < -0.3 is 4.74 Å². The van der Waals surface area contributed by atoms with E-state index in [0.717, 1.165) is 0 Å². The maximum atomic E-state index is 13.3. The minimum Gasteiger partial charge on any atom is -0.465 e. The predicted molar refractivity (Wildman–Crippen MR) is 66.3 cm³/mol. The Morgan fingerprint density at radius 2 is 1.67 bits per heavy atom. The van der Waals surface area contributed by atoms with Gasteiger partial charge in [0, 0.05) is 0 Å². The van der Waals surface area contributed by atoms with Crippen LogP contribution in [-0.2, 0) is 26.9 Å². The van der Waals surface area contributed by atoms with Gasteiger partial charge in [0.05, 0.1) is 12.2 Å². The predicted octanol–water partition coefficient (Wildman–Crippen LogP) is 3.70. The maximum absolute atomic E-state index is 13.3. The molecule has 10 heteroatoms. The van der Waals surface area contributed by atoms with E-state index in [-0.39, 0.29) is 12.7 Å². The van der Waals surface area contributed by atoms with Crippen LogP contribution >= 0.6 is 0 Å². The Hall–Kier alpha value is -2.13.